The lowest BCUT2D eigenvalue weighted by molar-refractivity contribution is 0.776. The highest BCUT2D eigenvalue weighted by molar-refractivity contribution is 8.00. The van der Waals surface area contributed by atoms with Gasteiger partial charge in [0.15, 0.2) is 0 Å². The minimum Gasteiger partial charge on any atom is -0.319 e. The zero-order chi connectivity index (χ0) is 8.81. The van der Waals surface area contributed by atoms with Crippen molar-refractivity contribution in [2.75, 3.05) is 19.3 Å². The van der Waals surface area contributed by atoms with E-state index in [1.807, 2.05) is 18.8 Å². The lowest BCUT2D eigenvalue weighted by Gasteiger charge is -1.93. The summed E-state index contributed by atoms with van der Waals surface area (Å²) in [7, 11) is 1.97. The number of hydrogen-bond acceptors (Lipinski definition) is 4. The number of nitrogens with one attached hydrogen (secondary N) is 1. The van der Waals surface area contributed by atoms with Gasteiger partial charge in [-0.1, -0.05) is 18.7 Å². The maximum atomic E-state index is 4.48. The topological polar surface area (TPSA) is 24.9 Å². The molecule has 1 rings (SSSR count). The third kappa shape index (κ3) is 3.13. The van der Waals surface area contributed by atoms with E-state index in [0.29, 0.717) is 0 Å². The molecule has 1 N–H and O–H groups in total. The Morgan fingerprint density at radius 2 is 2.50 bits per heavy atom. The standard InChI is InChI=1S/C8H14N2S2/c1-3-11-8-10-7(6-12-8)4-5-9-2/h6,9H,3-5H2,1-2H3. The highest BCUT2D eigenvalue weighted by atomic mass is 32.2. The van der Waals surface area contributed by atoms with Crippen molar-refractivity contribution < 1.29 is 0 Å². The monoisotopic (exact) mass is 202 g/mol. The molecule has 0 radical (unpaired) electrons. The summed E-state index contributed by atoms with van der Waals surface area (Å²) in [5.41, 5.74) is 1.21. The van der Waals surface area contributed by atoms with Crippen LogP contribution in [-0.4, -0.2) is 24.3 Å². The van der Waals surface area contributed by atoms with E-state index in [1.54, 1.807) is 11.3 Å². The van der Waals surface area contributed by atoms with Crippen LogP contribution in [0.15, 0.2) is 9.72 Å². The van der Waals surface area contributed by atoms with E-state index in [9.17, 15) is 0 Å². The molecule has 12 heavy (non-hydrogen) atoms. The lowest BCUT2D eigenvalue weighted by atomic mass is 10.3. The molecule has 0 saturated heterocycles. The van der Waals surface area contributed by atoms with Crippen molar-refractivity contribution in [1.82, 2.24) is 10.3 Å². The molecule has 0 aromatic carbocycles. The van der Waals surface area contributed by atoms with Crippen LogP contribution in [0.5, 0.6) is 0 Å². The first-order chi connectivity index (χ1) is 5.86. The van der Waals surface area contributed by atoms with Gasteiger partial charge >= 0.3 is 0 Å². The summed E-state index contributed by atoms with van der Waals surface area (Å²) < 4.78 is 1.20. The molecule has 0 aliphatic rings. The molecule has 68 valence electrons. The normalized spacial score (nSPS) is 10.5. The van der Waals surface area contributed by atoms with E-state index < -0.39 is 0 Å². The molecular formula is C8H14N2S2. The first-order valence-corrected chi connectivity index (χ1v) is 5.95. The summed E-state index contributed by atoms with van der Waals surface area (Å²) in [5, 5.41) is 5.26. The summed E-state index contributed by atoms with van der Waals surface area (Å²) in [6, 6.07) is 0. The van der Waals surface area contributed by atoms with Crippen molar-refractivity contribution in [2.24, 2.45) is 0 Å². The molecule has 0 saturated carbocycles. The zero-order valence-corrected chi connectivity index (χ0v) is 9.10. The van der Waals surface area contributed by atoms with Crippen LogP contribution in [0.1, 0.15) is 12.6 Å². The fourth-order valence-corrected chi connectivity index (χ4v) is 2.62. The van der Waals surface area contributed by atoms with Gasteiger partial charge < -0.3 is 5.32 Å². The van der Waals surface area contributed by atoms with Gasteiger partial charge in [-0.05, 0) is 12.8 Å². The number of aromatic nitrogens is 1. The van der Waals surface area contributed by atoms with Crippen molar-refractivity contribution in [1.29, 1.82) is 0 Å². The first kappa shape index (κ1) is 10.0. The van der Waals surface area contributed by atoms with Gasteiger partial charge in [0.25, 0.3) is 0 Å². The molecule has 0 spiro atoms. The van der Waals surface area contributed by atoms with Crippen LogP contribution in [0.3, 0.4) is 0 Å². The average Bonchev–Trinajstić information content (AvgIpc) is 2.50. The maximum absolute atomic E-state index is 4.48. The van der Waals surface area contributed by atoms with E-state index in [2.05, 4.69) is 22.6 Å². The molecule has 0 atom stereocenters. The second kappa shape index (κ2) is 5.56. The predicted molar refractivity (Wildman–Crippen MR) is 56.1 cm³/mol. The molecule has 2 nitrogen and oxygen atoms in total. The van der Waals surface area contributed by atoms with Crippen LogP contribution >= 0.6 is 23.1 Å². The minimum absolute atomic E-state index is 1.01. The van der Waals surface area contributed by atoms with E-state index in [4.69, 9.17) is 0 Å². The maximum Gasteiger partial charge on any atom is 0.150 e. The van der Waals surface area contributed by atoms with Crippen LogP contribution in [0.25, 0.3) is 0 Å². The summed E-state index contributed by atoms with van der Waals surface area (Å²) in [5.74, 6) is 1.11. The summed E-state index contributed by atoms with van der Waals surface area (Å²) in [6.45, 7) is 3.17. The largest absolute Gasteiger partial charge is 0.319 e. The Kier molecular flexibility index (Phi) is 4.65. The van der Waals surface area contributed by atoms with Gasteiger partial charge in [-0.2, -0.15) is 0 Å². The van der Waals surface area contributed by atoms with Crippen molar-refractivity contribution in [3.63, 3.8) is 0 Å². The fourth-order valence-electron chi connectivity index (χ4n) is 0.846. The van der Waals surface area contributed by atoms with Crippen LogP contribution in [-0.2, 0) is 6.42 Å². The van der Waals surface area contributed by atoms with Gasteiger partial charge in [0.2, 0.25) is 0 Å². The van der Waals surface area contributed by atoms with Crippen molar-refractivity contribution in [3.8, 4) is 0 Å². The van der Waals surface area contributed by atoms with E-state index in [0.717, 1.165) is 18.7 Å². The van der Waals surface area contributed by atoms with Gasteiger partial charge in [0.05, 0.1) is 5.69 Å². The zero-order valence-electron chi connectivity index (χ0n) is 7.46. The Bertz CT molecular complexity index is 223. The Labute approximate surface area is 81.8 Å². The number of hydrogen-bond donors (Lipinski definition) is 1. The molecule has 0 aliphatic heterocycles. The van der Waals surface area contributed by atoms with Gasteiger partial charge in [-0.25, -0.2) is 4.98 Å². The molecule has 4 heteroatoms. The van der Waals surface area contributed by atoms with E-state index >= 15 is 0 Å². The number of likely N-dealkylation sites (N-methyl/N-ethyl adjacent to an activating group) is 1. The number of thiazole rings is 1. The van der Waals surface area contributed by atoms with Gasteiger partial charge in [-0.3, -0.25) is 0 Å². The number of rotatable bonds is 5. The summed E-state index contributed by atoms with van der Waals surface area (Å²) in [4.78, 5) is 4.48. The smallest absolute Gasteiger partial charge is 0.150 e. The summed E-state index contributed by atoms with van der Waals surface area (Å²) in [6.07, 6.45) is 1.04. The van der Waals surface area contributed by atoms with Crippen LogP contribution in [0.2, 0.25) is 0 Å². The second-order valence-electron chi connectivity index (χ2n) is 2.39. The lowest BCUT2D eigenvalue weighted by Crippen LogP contribution is -2.10. The average molecular weight is 202 g/mol. The minimum atomic E-state index is 1.01. The van der Waals surface area contributed by atoms with Crippen molar-refractivity contribution in [2.45, 2.75) is 17.7 Å². The molecule has 0 fully saturated rings. The summed E-state index contributed by atoms with van der Waals surface area (Å²) >= 11 is 3.57. The van der Waals surface area contributed by atoms with E-state index in [-0.39, 0.29) is 0 Å². The Hall–Kier alpha value is -0.0600. The van der Waals surface area contributed by atoms with Crippen molar-refractivity contribution in [3.05, 3.63) is 11.1 Å². The Morgan fingerprint density at radius 3 is 3.17 bits per heavy atom. The molecule has 0 unspecified atom stereocenters. The number of nitrogens with zero attached hydrogens (tertiary/aromatic N) is 1. The van der Waals surface area contributed by atoms with Crippen molar-refractivity contribution >= 4 is 23.1 Å². The van der Waals surface area contributed by atoms with Gasteiger partial charge in [0.1, 0.15) is 4.34 Å². The molecule has 0 aliphatic carbocycles. The molecule has 0 bridgehead atoms. The third-order valence-electron chi connectivity index (χ3n) is 1.43. The Balaban J connectivity index is 2.41. The van der Waals surface area contributed by atoms with E-state index in [1.165, 1.54) is 10.0 Å². The van der Waals surface area contributed by atoms with Gasteiger partial charge in [-0.15, -0.1) is 11.3 Å². The SMILES string of the molecule is CCSc1nc(CCNC)cs1. The first-order valence-electron chi connectivity index (χ1n) is 4.08. The highest BCUT2D eigenvalue weighted by Crippen LogP contribution is 2.21. The highest BCUT2D eigenvalue weighted by Gasteiger charge is 2.00. The quantitative estimate of drug-likeness (QED) is 0.739. The molecule has 1 aromatic heterocycles. The molecule has 0 amide bonds. The van der Waals surface area contributed by atoms with Crippen LogP contribution in [0.4, 0.5) is 0 Å². The third-order valence-corrected chi connectivity index (χ3v) is 3.38. The van der Waals surface area contributed by atoms with Gasteiger partial charge in [0, 0.05) is 18.3 Å². The molecule has 1 aromatic rings. The van der Waals surface area contributed by atoms with Crippen LogP contribution in [0, 0.1) is 0 Å². The molecular weight excluding hydrogens is 188 g/mol. The number of thioether (sulfide) groups is 1. The Morgan fingerprint density at radius 1 is 1.67 bits per heavy atom. The predicted octanol–water partition coefficient (Wildman–Crippen LogP) is 2.02. The fraction of sp³-hybridized carbons (Fsp3) is 0.625. The van der Waals surface area contributed by atoms with Crippen LogP contribution < -0.4 is 5.32 Å². The second-order valence-corrected chi connectivity index (χ2v) is 4.76. The molecule has 1 heterocycles.